The second-order valence-electron chi connectivity index (χ2n) is 32.0. The number of nitrogens with zero attached hydrogens (tertiary/aromatic N) is 2. The number of unbranched alkanes of at least 4 members (excludes halogenated alkanes) is 2. The first-order chi connectivity index (χ1) is 62.3. The molecule has 0 aliphatic rings. The number of carbonyl (C=O) groups is 20. The van der Waals surface area contributed by atoms with Gasteiger partial charge in [0.2, 0.25) is 106 Å². The molecule has 18 amide bonds. The van der Waals surface area contributed by atoms with Crippen LogP contribution in [0.3, 0.4) is 0 Å². The molecule has 0 saturated heterocycles. The number of hydrogen-bond donors (Lipinski definition) is 33. The highest BCUT2D eigenvalue weighted by molar-refractivity contribution is 6.02. The lowest BCUT2D eigenvalue weighted by atomic mass is 9.97. The minimum absolute atomic E-state index is 0.00743. The van der Waals surface area contributed by atoms with Gasteiger partial charge in [0.05, 0.1) is 57.1 Å². The molecule has 55 nitrogen and oxygen atoms in total. The quantitative estimate of drug-likeness (QED) is 0.0153. The molecule has 0 saturated carbocycles. The van der Waals surface area contributed by atoms with Crippen molar-refractivity contribution >= 4 is 130 Å². The Morgan fingerprint density at radius 1 is 0.316 bits per heavy atom. The number of guanidine groups is 2. The first kappa shape index (κ1) is 121. The number of aliphatic hydroxyl groups is 6. The Labute approximate surface area is 767 Å². The van der Waals surface area contributed by atoms with Crippen molar-refractivity contribution in [2.75, 3.05) is 52.5 Å². The van der Waals surface area contributed by atoms with Gasteiger partial charge in [-0.3, -0.25) is 101 Å². The van der Waals surface area contributed by atoms with Gasteiger partial charge in [-0.15, -0.1) is 0 Å². The summed E-state index contributed by atoms with van der Waals surface area (Å²) < 4.78 is 0. The van der Waals surface area contributed by atoms with Crippen LogP contribution >= 0.6 is 0 Å². The number of aliphatic carboxylic acids is 2. The summed E-state index contributed by atoms with van der Waals surface area (Å²) >= 11 is 0. The lowest BCUT2D eigenvalue weighted by Crippen LogP contribution is -2.63. The van der Waals surface area contributed by atoms with E-state index in [1.54, 1.807) is 13.8 Å². The summed E-state index contributed by atoms with van der Waals surface area (Å²) in [7, 11) is 0. The number of nitrogens with one attached hydrogen (secondary N) is 16. The normalized spacial score (nSPS) is 15.9. The molecule has 0 unspecified atom stereocenters. The van der Waals surface area contributed by atoms with E-state index in [0.29, 0.717) is 6.42 Å². The van der Waals surface area contributed by atoms with Gasteiger partial charge in [-0.2, -0.15) is 0 Å². The smallest absolute Gasteiger partial charge is 0.326 e. The van der Waals surface area contributed by atoms with Crippen LogP contribution in [0.1, 0.15) is 171 Å². The highest BCUT2D eigenvalue weighted by atomic mass is 16.4. The number of carboxylic acids is 2. The average molecular weight is 1910 g/mol. The Kier molecular flexibility index (Phi) is 57.7. The zero-order valence-electron chi connectivity index (χ0n) is 76.2. The van der Waals surface area contributed by atoms with Crippen molar-refractivity contribution in [3.8, 4) is 0 Å². The van der Waals surface area contributed by atoms with Crippen molar-refractivity contribution in [1.82, 2.24) is 85.1 Å². The van der Waals surface area contributed by atoms with Crippen LogP contribution in [-0.2, 0) is 95.9 Å². The number of nitrogens with two attached hydrogens (primary N) is 9. The van der Waals surface area contributed by atoms with Crippen molar-refractivity contribution in [2.45, 2.75) is 286 Å². The molecule has 42 N–H and O–H groups in total. The van der Waals surface area contributed by atoms with Gasteiger partial charge in [0.25, 0.3) is 0 Å². The van der Waals surface area contributed by atoms with Gasteiger partial charge in [-0.1, -0.05) is 54.4 Å². The van der Waals surface area contributed by atoms with E-state index < -0.39 is 309 Å². The Bertz CT molecular complexity index is 3930. The number of carboxylic acid groups (broad SMARTS) is 2. The van der Waals surface area contributed by atoms with E-state index in [1.165, 1.54) is 27.7 Å². The number of rotatable bonds is 68. The van der Waals surface area contributed by atoms with Crippen LogP contribution in [0, 0.1) is 17.8 Å². The Morgan fingerprint density at radius 3 is 1.00 bits per heavy atom. The topological polar surface area (TPSA) is 955 Å². The van der Waals surface area contributed by atoms with Gasteiger partial charge in [0, 0.05) is 25.9 Å². The fraction of sp³-hybridized carbons (Fsp3) is 0.718. The van der Waals surface area contributed by atoms with Crippen LogP contribution < -0.4 is 137 Å². The molecule has 0 radical (unpaired) electrons. The molecule has 0 aliphatic carbocycles. The first-order valence-corrected chi connectivity index (χ1v) is 43.3. The molecule has 0 aromatic carbocycles. The zero-order valence-corrected chi connectivity index (χ0v) is 76.2. The van der Waals surface area contributed by atoms with E-state index in [4.69, 9.17) is 56.7 Å². The van der Waals surface area contributed by atoms with Crippen molar-refractivity contribution in [3.05, 3.63) is 0 Å². The molecular weight excluding hydrogens is 1760 g/mol. The monoisotopic (exact) mass is 1900 g/mol. The number of primary amides is 2. The fourth-order valence-corrected chi connectivity index (χ4v) is 12.4. The van der Waals surface area contributed by atoms with Gasteiger partial charge in [0.1, 0.15) is 90.6 Å². The van der Waals surface area contributed by atoms with Crippen LogP contribution in [0.2, 0.25) is 0 Å². The van der Waals surface area contributed by atoms with Crippen molar-refractivity contribution in [2.24, 2.45) is 79.3 Å². The number of aliphatic hydroxyl groups excluding tert-OH is 6. The summed E-state index contributed by atoms with van der Waals surface area (Å²) in [6, 6.07) is -27.8. The minimum atomic E-state index is -2.02. The highest BCUT2D eigenvalue weighted by Crippen LogP contribution is 2.16. The van der Waals surface area contributed by atoms with E-state index in [-0.39, 0.29) is 109 Å². The van der Waals surface area contributed by atoms with E-state index >= 15 is 0 Å². The van der Waals surface area contributed by atoms with Crippen LogP contribution in [0.5, 0.6) is 0 Å². The lowest BCUT2D eigenvalue weighted by molar-refractivity contribution is -0.143. The van der Waals surface area contributed by atoms with Gasteiger partial charge in [-0.05, 0) is 129 Å². The third-order valence-corrected chi connectivity index (χ3v) is 20.6. The molecular formula is C78H141N27O28. The van der Waals surface area contributed by atoms with Gasteiger partial charge in [0.15, 0.2) is 11.9 Å². The van der Waals surface area contributed by atoms with Crippen molar-refractivity contribution < 1.29 is 137 Å². The number of aliphatic imine (C=N–C) groups is 2. The predicted molar refractivity (Wildman–Crippen MR) is 472 cm³/mol. The zero-order chi connectivity index (χ0) is 102. The summed E-state index contributed by atoms with van der Waals surface area (Å²) in [5, 5.41) is 119. The molecule has 21 atom stereocenters. The van der Waals surface area contributed by atoms with E-state index in [0.717, 1.165) is 20.8 Å². The average Bonchev–Trinajstić information content (AvgIpc) is 0.821. The molecule has 0 spiro atoms. The molecule has 0 aromatic heterocycles. The number of carbonyl (C=O) groups excluding carboxylic acids is 18. The van der Waals surface area contributed by atoms with E-state index in [2.05, 4.69) is 89.7 Å². The summed E-state index contributed by atoms with van der Waals surface area (Å²) in [4.78, 5) is 277. The summed E-state index contributed by atoms with van der Waals surface area (Å²) in [5.74, 6) is -26.8. The second-order valence-corrected chi connectivity index (χ2v) is 32.0. The largest absolute Gasteiger partial charge is 0.481 e. The third-order valence-electron chi connectivity index (χ3n) is 20.6. The highest BCUT2D eigenvalue weighted by Gasteiger charge is 2.42. The Balaban J connectivity index is 6.81. The summed E-state index contributed by atoms with van der Waals surface area (Å²) in [6.45, 7) is 8.07. The molecule has 756 valence electrons. The van der Waals surface area contributed by atoms with Gasteiger partial charge in [-0.25, -0.2) is 4.79 Å². The summed E-state index contributed by atoms with van der Waals surface area (Å²) in [5.41, 5.74) is 49.8. The molecule has 133 heavy (non-hydrogen) atoms. The molecule has 0 fully saturated rings. The van der Waals surface area contributed by atoms with Crippen LogP contribution in [0.15, 0.2) is 9.98 Å². The molecule has 0 heterocycles. The molecule has 0 aromatic rings. The molecule has 0 aliphatic heterocycles. The lowest BCUT2D eigenvalue weighted by Gasteiger charge is -2.30. The SMILES string of the molecule is CC[C@H](C)[C@H](NC(=O)[C@@H](NC(=O)[C@H](CO)NC(=O)[C@@H](NC(=O)[C@H](CCCN=C(N)N)NC(=O)[C@@H](N)CCCN=C(N)N)[C@@H](C)O)[C@@H](C)O)C(=O)NCC(=O)N[C@@H](CCCCN)C(=O)N[C@@H](CCCCN)C(=O)N[C@@H](CO)C(=O)N[C@H](C(=O)N[C@@H](CCC(N)=O)C(=O)N[C@H](C(=O)N[C@H](C(=O)N[C@@H](CO)C(=O)N[C@@H](CC(N)=O)C(=O)N[C@@H](CCC(=O)O)C(=O)O)[C@@H](C)CC)[C@@H](C)O)C(C)C. The fourth-order valence-electron chi connectivity index (χ4n) is 12.4. The van der Waals surface area contributed by atoms with Crippen LogP contribution in [0.4, 0.5) is 0 Å². The Morgan fingerprint density at radius 2 is 0.617 bits per heavy atom. The van der Waals surface area contributed by atoms with E-state index in [1.807, 2.05) is 5.32 Å². The summed E-state index contributed by atoms with van der Waals surface area (Å²) in [6.07, 6.45) is -7.70. The predicted octanol–water partition coefficient (Wildman–Crippen LogP) is -15.0. The maximum absolute atomic E-state index is 14.3. The van der Waals surface area contributed by atoms with Crippen LogP contribution in [-0.4, -0.2) is 339 Å². The number of hydrogen-bond acceptors (Lipinski definition) is 31. The van der Waals surface area contributed by atoms with Gasteiger partial charge >= 0.3 is 11.9 Å². The Hall–Kier alpha value is -12.4. The van der Waals surface area contributed by atoms with Gasteiger partial charge < -0.3 is 178 Å². The second kappa shape index (κ2) is 63.6. The molecule has 0 rings (SSSR count). The maximum atomic E-state index is 14.3. The number of amides is 18. The standard InChI is InChI=1S/C78H141N27O28/c1-10-36(5)56(101-74(130)60(40(9)111)105-69(125)50(34-108)99-73(129)58(38(7)109)103-64(120)44(21-17-29-89-78(86)87)92-61(117)41(81)18-16-28-88-77(84)85)70(126)90-31-53(114)91-42(19-12-14-26-79)62(118)93-43(20-13-15-27-80)63(119)97-49(33-107)68(124)100-55(35(3)4)71(127)94-45(22-24-51(82)112)65(121)104-59(39(8)110)75(131)102-57(37(6)11-2)72(128)98-48(32-106)67(123)96-47(30-52(83)113)66(122)95-46(76(132)133)23-25-54(115)116/h35-50,55-60,106-111H,10-34,79-81H2,1-9H3,(H2,82,112)(H2,83,113)(H,90,126)(H,91,114)(H,92,117)(H,93,118)(H,94,127)(H,95,122)(H,96,123)(H,97,119)(H,98,128)(H,99,129)(H,100,124)(H,101,130)(H,102,131)(H,103,120)(H,104,121)(H,105,125)(H,115,116)(H,132,133)(H4,84,85,88)(H4,86,87,89)/t36-,37-,38+,39+,40+,41-,42-,43-,44-,45-,46-,47-,48-,49-,50-,55-,56-,57-,58-,59-,60-/m0/s1. The van der Waals surface area contributed by atoms with E-state index in [9.17, 15) is 132 Å². The van der Waals surface area contributed by atoms with Crippen molar-refractivity contribution in [3.63, 3.8) is 0 Å². The minimum Gasteiger partial charge on any atom is -0.481 e. The third kappa shape index (κ3) is 46.5. The first-order valence-electron chi connectivity index (χ1n) is 43.3. The molecule has 55 heteroatoms. The van der Waals surface area contributed by atoms with Crippen molar-refractivity contribution in [1.29, 1.82) is 0 Å². The maximum Gasteiger partial charge on any atom is 0.326 e. The van der Waals surface area contributed by atoms with Crippen LogP contribution in [0.25, 0.3) is 0 Å². The molecule has 0 bridgehead atoms.